The number of ether oxygens (including phenoxy) is 2. The minimum Gasteiger partial charge on any atom is -0.350 e. The Kier molecular flexibility index (Phi) is 2.67. The molecule has 0 aromatic heterocycles. The smallest absolute Gasteiger partial charge is 0.158 e. The summed E-state index contributed by atoms with van der Waals surface area (Å²) in [6.07, 6.45) is 4.70. The van der Waals surface area contributed by atoms with Crippen molar-refractivity contribution < 1.29 is 9.47 Å². The van der Waals surface area contributed by atoms with Crippen LogP contribution in [0.2, 0.25) is 0 Å². The lowest BCUT2D eigenvalue weighted by Gasteiger charge is -2.27. The molecule has 0 aromatic carbocycles. The Bertz CT molecular complexity index is 237. The van der Waals surface area contributed by atoms with Crippen LogP contribution in [0, 0.1) is 11.3 Å². The predicted molar refractivity (Wildman–Crippen MR) is 56.0 cm³/mol. The van der Waals surface area contributed by atoms with Crippen molar-refractivity contribution in [1.29, 1.82) is 0 Å². The summed E-state index contributed by atoms with van der Waals surface area (Å²) in [4.78, 5) is 0. The minimum atomic E-state index is 0.0542. The largest absolute Gasteiger partial charge is 0.350 e. The van der Waals surface area contributed by atoms with Crippen molar-refractivity contribution in [2.45, 2.75) is 39.9 Å². The number of allylic oxidation sites excluding steroid dienone is 2. The molecular formula is C12H20O2. The molecule has 0 saturated carbocycles. The van der Waals surface area contributed by atoms with Crippen LogP contribution in [-0.2, 0) is 9.47 Å². The maximum Gasteiger partial charge on any atom is 0.158 e. The second kappa shape index (κ2) is 3.67. The Morgan fingerprint density at radius 1 is 1.36 bits per heavy atom. The van der Waals surface area contributed by atoms with E-state index in [4.69, 9.17) is 9.47 Å². The molecular weight excluding hydrogens is 176 g/mol. The zero-order chi connectivity index (χ0) is 10.2. The molecule has 2 aliphatic rings. The molecule has 1 fully saturated rings. The van der Waals surface area contributed by atoms with E-state index in [2.05, 4.69) is 26.8 Å². The molecule has 14 heavy (non-hydrogen) atoms. The van der Waals surface area contributed by atoms with Gasteiger partial charge in [-0.2, -0.15) is 0 Å². The predicted octanol–water partition coefficient (Wildman–Crippen LogP) is 2.74. The lowest BCUT2D eigenvalue weighted by Crippen LogP contribution is -2.23. The standard InChI is InChI=1S/C12H20O2/c1-9-6-10(12(2,3)8-9)7-11-13-4-5-14-11/h8,10-11H,4-7H2,1-3H3. The fourth-order valence-corrected chi connectivity index (χ4v) is 2.63. The van der Waals surface area contributed by atoms with E-state index in [1.807, 2.05) is 0 Å². The van der Waals surface area contributed by atoms with Gasteiger partial charge >= 0.3 is 0 Å². The molecule has 1 aliphatic heterocycles. The SMILES string of the molecule is CC1=CC(C)(C)C(CC2OCCO2)C1. The van der Waals surface area contributed by atoms with Gasteiger partial charge in [0.05, 0.1) is 13.2 Å². The first-order valence-corrected chi connectivity index (χ1v) is 5.49. The van der Waals surface area contributed by atoms with Gasteiger partial charge in [0.25, 0.3) is 0 Å². The van der Waals surface area contributed by atoms with Crippen molar-refractivity contribution in [1.82, 2.24) is 0 Å². The van der Waals surface area contributed by atoms with Crippen LogP contribution >= 0.6 is 0 Å². The number of hydrogen-bond acceptors (Lipinski definition) is 2. The van der Waals surface area contributed by atoms with Crippen LogP contribution in [0.5, 0.6) is 0 Å². The average Bonchev–Trinajstić information content (AvgIpc) is 2.61. The fourth-order valence-electron chi connectivity index (χ4n) is 2.63. The molecule has 0 spiro atoms. The monoisotopic (exact) mass is 196 g/mol. The summed E-state index contributed by atoms with van der Waals surface area (Å²) >= 11 is 0. The van der Waals surface area contributed by atoms with E-state index in [-0.39, 0.29) is 6.29 Å². The van der Waals surface area contributed by atoms with E-state index in [0.717, 1.165) is 19.6 Å². The second-order valence-electron chi connectivity index (χ2n) is 5.12. The second-order valence-corrected chi connectivity index (χ2v) is 5.12. The lowest BCUT2D eigenvalue weighted by molar-refractivity contribution is -0.0633. The van der Waals surface area contributed by atoms with Crippen LogP contribution in [0.1, 0.15) is 33.6 Å². The summed E-state index contributed by atoms with van der Waals surface area (Å²) in [7, 11) is 0. The van der Waals surface area contributed by atoms with Gasteiger partial charge in [0.2, 0.25) is 0 Å². The molecule has 1 unspecified atom stereocenters. The molecule has 1 saturated heterocycles. The maximum absolute atomic E-state index is 5.50. The van der Waals surface area contributed by atoms with Crippen molar-refractivity contribution >= 4 is 0 Å². The zero-order valence-electron chi connectivity index (χ0n) is 9.38. The summed E-state index contributed by atoms with van der Waals surface area (Å²) in [5.41, 5.74) is 1.83. The molecule has 0 aromatic rings. The topological polar surface area (TPSA) is 18.5 Å². The van der Waals surface area contributed by atoms with E-state index in [0.29, 0.717) is 11.3 Å². The van der Waals surface area contributed by atoms with E-state index >= 15 is 0 Å². The zero-order valence-corrected chi connectivity index (χ0v) is 9.38. The normalized spacial score (nSPS) is 32.2. The van der Waals surface area contributed by atoms with Gasteiger partial charge < -0.3 is 9.47 Å². The molecule has 2 nitrogen and oxygen atoms in total. The Balaban J connectivity index is 1.93. The van der Waals surface area contributed by atoms with Gasteiger partial charge in [-0.15, -0.1) is 0 Å². The highest BCUT2D eigenvalue weighted by molar-refractivity contribution is 5.15. The van der Waals surface area contributed by atoms with E-state index < -0.39 is 0 Å². The highest BCUT2D eigenvalue weighted by atomic mass is 16.7. The van der Waals surface area contributed by atoms with Crippen molar-refractivity contribution in [3.8, 4) is 0 Å². The van der Waals surface area contributed by atoms with Gasteiger partial charge in [-0.05, 0) is 24.7 Å². The summed E-state index contributed by atoms with van der Waals surface area (Å²) in [5.74, 6) is 0.686. The van der Waals surface area contributed by atoms with Crippen LogP contribution in [0.3, 0.4) is 0 Å². The lowest BCUT2D eigenvalue weighted by atomic mass is 9.80. The third-order valence-electron chi connectivity index (χ3n) is 3.41. The van der Waals surface area contributed by atoms with Crippen LogP contribution < -0.4 is 0 Å². The van der Waals surface area contributed by atoms with Gasteiger partial charge in [-0.25, -0.2) is 0 Å². The molecule has 2 heteroatoms. The molecule has 0 amide bonds. The van der Waals surface area contributed by atoms with Crippen molar-refractivity contribution in [3.63, 3.8) is 0 Å². The quantitative estimate of drug-likeness (QED) is 0.632. The molecule has 0 bridgehead atoms. The molecule has 0 radical (unpaired) electrons. The summed E-state index contributed by atoms with van der Waals surface area (Å²) < 4.78 is 11.0. The Morgan fingerprint density at radius 2 is 2.00 bits per heavy atom. The van der Waals surface area contributed by atoms with Gasteiger partial charge in [0.1, 0.15) is 0 Å². The van der Waals surface area contributed by atoms with Gasteiger partial charge in [-0.3, -0.25) is 0 Å². The van der Waals surface area contributed by atoms with Crippen LogP contribution in [0.25, 0.3) is 0 Å². The first-order chi connectivity index (χ1) is 6.58. The molecule has 1 atom stereocenters. The van der Waals surface area contributed by atoms with Crippen LogP contribution in [0.15, 0.2) is 11.6 Å². The highest BCUT2D eigenvalue weighted by Crippen LogP contribution is 2.43. The molecule has 1 heterocycles. The number of rotatable bonds is 2. The third kappa shape index (κ3) is 2.01. The highest BCUT2D eigenvalue weighted by Gasteiger charge is 2.35. The van der Waals surface area contributed by atoms with E-state index in [9.17, 15) is 0 Å². The Morgan fingerprint density at radius 3 is 2.50 bits per heavy atom. The molecule has 0 N–H and O–H groups in total. The van der Waals surface area contributed by atoms with Gasteiger partial charge in [0, 0.05) is 6.42 Å². The van der Waals surface area contributed by atoms with E-state index in [1.165, 1.54) is 12.0 Å². The first-order valence-electron chi connectivity index (χ1n) is 5.49. The minimum absolute atomic E-state index is 0.0542. The summed E-state index contributed by atoms with van der Waals surface area (Å²) in [5, 5.41) is 0. The Hall–Kier alpha value is -0.340. The molecule has 2 rings (SSSR count). The van der Waals surface area contributed by atoms with Crippen LogP contribution in [-0.4, -0.2) is 19.5 Å². The average molecular weight is 196 g/mol. The summed E-state index contributed by atoms with van der Waals surface area (Å²) in [6.45, 7) is 8.37. The molecule has 80 valence electrons. The van der Waals surface area contributed by atoms with Crippen molar-refractivity contribution in [3.05, 3.63) is 11.6 Å². The van der Waals surface area contributed by atoms with E-state index in [1.54, 1.807) is 0 Å². The van der Waals surface area contributed by atoms with Gasteiger partial charge in [-0.1, -0.05) is 25.5 Å². The van der Waals surface area contributed by atoms with Crippen LogP contribution in [0.4, 0.5) is 0 Å². The van der Waals surface area contributed by atoms with Crippen molar-refractivity contribution in [2.75, 3.05) is 13.2 Å². The van der Waals surface area contributed by atoms with Gasteiger partial charge in [0.15, 0.2) is 6.29 Å². The summed E-state index contributed by atoms with van der Waals surface area (Å²) in [6, 6.07) is 0. The third-order valence-corrected chi connectivity index (χ3v) is 3.41. The van der Waals surface area contributed by atoms with Crippen molar-refractivity contribution in [2.24, 2.45) is 11.3 Å². The fraction of sp³-hybridized carbons (Fsp3) is 0.833. The first kappa shape index (κ1) is 10.2. The molecule has 1 aliphatic carbocycles. The maximum atomic E-state index is 5.50. The Labute approximate surface area is 86.3 Å². The number of hydrogen-bond donors (Lipinski definition) is 0.